The van der Waals surface area contributed by atoms with E-state index in [4.69, 9.17) is 54.8 Å². The predicted molar refractivity (Wildman–Crippen MR) is 579 cm³/mol. The van der Waals surface area contributed by atoms with Gasteiger partial charge in [0.1, 0.15) is 0 Å². The second-order valence-electron chi connectivity index (χ2n) is 34.4. The minimum Gasteiger partial charge on any atom is -0.309 e. The summed E-state index contributed by atoms with van der Waals surface area (Å²) in [6.07, 6.45) is 0. The van der Waals surface area contributed by atoms with E-state index >= 15 is 0 Å². The minimum absolute atomic E-state index is 0.594. The van der Waals surface area contributed by atoms with Gasteiger partial charge in [-0.2, -0.15) is 19.9 Å². The van der Waals surface area contributed by atoms with E-state index in [0.717, 1.165) is 111 Å². The van der Waals surface area contributed by atoms with Crippen molar-refractivity contribution < 1.29 is 0 Å². The third-order valence-corrected chi connectivity index (χ3v) is 25.7. The van der Waals surface area contributed by atoms with Crippen molar-refractivity contribution in [3.8, 4) is 148 Å². The number of rotatable bonds is 15. The molecule has 0 N–H and O–H groups in total. The molecule has 668 valence electrons. The second kappa shape index (κ2) is 38.3. The van der Waals surface area contributed by atoms with E-state index in [9.17, 15) is 0 Å². The van der Waals surface area contributed by atoms with Crippen LogP contribution in [0.15, 0.2) is 516 Å². The molecule has 0 fully saturated rings. The molecular formula is C127H85N15. The monoisotopic (exact) mass is 1820 g/mol. The lowest BCUT2D eigenvalue weighted by atomic mass is 10.0. The van der Waals surface area contributed by atoms with E-state index in [1.807, 2.05) is 170 Å². The lowest BCUT2D eigenvalue weighted by Gasteiger charge is -2.11. The Kier molecular flexibility index (Phi) is 23.1. The van der Waals surface area contributed by atoms with Crippen LogP contribution < -0.4 is 0 Å². The van der Waals surface area contributed by atoms with E-state index in [0.29, 0.717) is 58.6 Å². The number of hydrogen-bond acceptors (Lipinski definition) is 11. The summed E-state index contributed by atoms with van der Waals surface area (Å²) in [5.41, 5.74) is 25.2. The Morgan fingerprint density at radius 1 is 0.113 bits per heavy atom. The number of benzene rings is 19. The molecule has 0 saturated heterocycles. The zero-order valence-electron chi connectivity index (χ0n) is 76.8. The first-order valence-corrected chi connectivity index (χ1v) is 47.3. The minimum atomic E-state index is 0.594. The summed E-state index contributed by atoms with van der Waals surface area (Å²) in [5, 5.41) is 9.60. The van der Waals surface area contributed by atoms with Gasteiger partial charge in [-0.05, 0) is 101 Å². The number of aromatic nitrogens is 15. The standard InChI is InChI=1S/C39H26N4.C33H22N4.C28H19N3.C27H18N4/c1-3-11-27(12-4-1)29-19-23-31(24-20-29)37-40-38(32-25-21-30(22-26-32)28-13-5-2-6-14-28)42-39(41-37)43-35-17-9-7-15-33(35)34-16-8-10-18-36(34)43;1-3-11-23(12-4-1)31-34-32(24-13-5-2-6-14-24)36-33(35-31)25-19-21-26(22-20-25)37-29-17-9-7-15-27(29)28-16-8-10-18-30(28)37;1-3-11-20(12-4-1)24-19-25(21-13-5-2-6-14-21)30-28(29-24)31-26-17-9-7-15-22(26)23-16-8-10-18-27(23)31;1-3-11-19(12-4-1)25-28-26(20-13-5-2-6-14-20)30-27(29-25)31-23-17-9-7-15-21(23)22-16-8-10-18-24(22)31/h1-26H;1-22H;1-19H;1-18H. The van der Waals surface area contributed by atoms with E-state index in [1.165, 1.54) is 65.3 Å². The van der Waals surface area contributed by atoms with Crippen LogP contribution in [0.5, 0.6) is 0 Å². The molecule has 27 rings (SSSR count). The van der Waals surface area contributed by atoms with Gasteiger partial charge in [0.25, 0.3) is 0 Å². The molecule has 0 aliphatic rings. The van der Waals surface area contributed by atoms with Gasteiger partial charge >= 0.3 is 0 Å². The quantitative estimate of drug-likeness (QED) is 0.0960. The summed E-state index contributed by atoms with van der Waals surface area (Å²) in [7, 11) is 0. The smallest absolute Gasteiger partial charge is 0.238 e. The highest BCUT2D eigenvalue weighted by Gasteiger charge is 2.24. The van der Waals surface area contributed by atoms with Crippen LogP contribution in [0.1, 0.15) is 0 Å². The maximum atomic E-state index is 5.08. The maximum Gasteiger partial charge on any atom is 0.238 e. The van der Waals surface area contributed by atoms with Gasteiger partial charge in [-0.1, -0.05) is 437 Å². The van der Waals surface area contributed by atoms with E-state index < -0.39 is 0 Å². The molecule has 15 heteroatoms. The fourth-order valence-electron chi connectivity index (χ4n) is 18.9. The Morgan fingerprint density at radius 3 is 0.500 bits per heavy atom. The number of nitrogens with zero attached hydrogens (tertiary/aromatic N) is 15. The van der Waals surface area contributed by atoms with Crippen LogP contribution in [0.25, 0.3) is 235 Å². The number of para-hydroxylation sites is 8. The Morgan fingerprint density at radius 2 is 0.268 bits per heavy atom. The Balaban J connectivity index is 0.000000103. The summed E-state index contributed by atoms with van der Waals surface area (Å²) in [6, 6.07) is 177. The molecule has 27 aromatic rings. The molecule has 0 saturated carbocycles. The average Bonchev–Trinajstić information content (AvgIpc) is 1.59. The summed E-state index contributed by atoms with van der Waals surface area (Å²) < 4.78 is 8.76. The molecule has 142 heavy (non-hydrogen) atoms. The van der Waals surface area contributed by atoms with Gasteiger partial charge in [0.15, 0.2) is 40.8 Å². The molecule has 0 spiro atoms. The number of hydrogen-bond donors (Lipinski definition) is 0. The molecule has 0 radical (unpaired) electrons. The zero-order chi connectivity index (χ0) is 94.4. The summed E-state index contributed by atoms with van der Waals surface area (Å²) in [5.74, 6) is 6.45. The third kappa shape index (κ3) is 17.0. The molecular weight excluding hydrogens is 1740 g/mol. The Bertz CT molecular complexity index is 8500. The van der Waals surface area contributed by atoms with Crippen LogP contribution in [0.2, 0.25) is 0 Å². The SMILES string of the molecule is c1ccc(-c2cc(-c3ccccc3)nc(-n3c4ccccc4c4ccccc43)n2)cc1.c1ccc(-c2ccc(-c3nc(-c4ccc(-c5ccccc5)cc4)nc(-n4c5ccccc5c5ccccc54)n3)cc2)cc1.c1ccc(-c2nc(-c3ccccc3)nc(-c3ccc(-n4c5ccccc5c5ccccc54)cc3)n2)cc1.c1ccc(-c2nc(-c3ccccc3)nc(-n3c4ccccc4c4ccccc43)n2)cc1. The summed E-state index contributed by atoms with van der Waals surface area (Å²) >= 11 is 0. The van der Waals surface area contributed by atoms with Crippen molar-refractivity contribution in [3.05, 3.63) is 516 Å². The van der Waals surface area contributed by atoms with E-state index in [2.05, 4.69) is 364 Å². The van der Waals surface area contributed by atoms with Crippen molar-refractivity contribution in [3.63, 3.8) is 0 Å². The second-order valence-corrected chi connectivity index (χ2v) is 34.4. The molecule has 0 bridgehead atoms. The van der Waals surface area contributed by atoms with Crippen LogP contribution >= 0.6 is 0 Å². The lowest BCUT2D eigenvalue weighted by Crippen LogP contribution is -2.06. The normalized spacial score (nSPS) is 11.2. The molecule has 0 aliphatic carbocycles. The topological polar surface area (TPSA) is 162 Å². The zero-order valence-corrected chi connectivity index (χ0v) is 76.8. The van der Waals surface area contributed by atoms with Crippen LogP contribution in [0.4, 0.5) is 0 Å². The average molecular weight is 1820 g/mol. The fraction of sp³-hybridized carbons (Fsp3) is 0. The van der Waals surface area contributed by atoms with Crippen molar-refractivity contribution in [2.45, 2.75) is 0 Å². The third-order valence-electron chi connectivity index (χ3n) is 25.7. The van der Waals surface area contributed by atoms with Crippen LogP contribution in [0, 0.1) is 0 Å². The van der Waals surface area contributed by atoms with Gasteiger partial charge in [-0.25, -0.2) is 34.9 Å². The largest absolute Gasteiger partial charge is 0.309 e. The first-order valence-electron chi connectivity index (χ1n) is 47.3. The molecule has 8 aromatic heterocycles. The predicted octanol–water partition coefficient (Wildman–Crippen LogP) is 30.8. The highest BCUT2D eigenvalue weighted by Crippen LogP contribution is 2.40. The number of fused-ring (bicyclic) bond motifs is 12. The Hall–Kier alpha value is -19.5. The molecule has 8 heterocycles. The first-order chi connectivity index (χ1) is 70.4. The Labute approximate surface area is 818 Å². The highest BCUT2D eigenvalue weighted by atomic mass is 15.2. The van der Waals surface area contributed by atoms with Gasteiger partial charge in [0.2, 0.25) is 17.8 Å². The fourth-order valence-corrected chi connectivity index (χ4v) is 18.9. The van der Waals surface area contributed by atoms with Crippen molar-refractivity contribution >= 4 is 87.2 Å². The summed E-state index contributed by atoms with van der Waals surface area (Å²) in [6.45, 7) is 0. The van der Waals surface area contributed by atoms with E-state index in [1.54, 1.807) is 0 Å². The van der Waals surface area contributed by atoms with Crippen molar-refractivity contribution in [2.24, 2.45) is 0 Å². The molecule has 0 unspecified atom stereocenters. The van der Waals surface area contributed by atoms with Crippen LogP contribution in [0.3, 0.4) is 0 Å². The summed E-state index contributed by atoms with van der Waals surface area (Å²) in [4.78, 5) is 54.4. The van der Waals surface area contributed by atoms with Gasteiger partial charge in [-0.3, -0.25) is 13.7 Å². The van der Waals surface area contributed by atoms with E-state index in [-0.39, 0.29) is 0 Å². The molecule has 0 amide bonds. The molecule has 0 atom stereocenters. The van der Waals surface area contributed by atoms with Gasteiger partial charge in [-0.15, -0.1) is 0 Å². The van der Waals surface area contributed by atoms with Gasteiger partial charge in [0.05, 0.1) is 55.5 Å². The molecule has 19 aromatic carbocycles. The van der Waals surface area contributed by atoms with Crippen molar-refractivity contribution in [2.75, 3.05) is 0 Å². The van der Waals surface area contributed by atoms with Crippen molar-refractivity contribution in [1.29, 1.82) is 0 Å². The molecule has 0 aliphatic heterocycles. The lowest BCUT2D eigenvalue weighted by molar-refractivity contribution is 0.953. The van der Waals surface area contributed by atoms with Gasteiger partial charge < -0.3 is 4.57 Å². The first kappa shape index (κ1) is 85.4. The van der Waals surface area contributed by atoms with Gasteiger partial charge in [0, 0.05) is 98.8 Å². The van der Waals surface area contributed by atoms with Crippen LogP contribution in [-0.4, -0.2) is 73.1 Å². The van der Waals surface area contributed by atoms with Crippen LogP contribution in [-0.2, 0) is 0 Å². The maximum absolute atomic E-state index is 5.08. The highest BCUT2D eigenvalue weighted by molar-refractivity contribution is 6.12. The van der Waals surface area contributed by atoms with Crippen molar-refractivity contribution in [1.82, 2.24) is 73.1 Å². The molecule has 15 nitrogen and oxygen atoms in total.